The predicted octanol–water partition coefficient (Wildman–Crippen LogP) is 4.18. The van der Waals surface area contributed by atoms with Crippen molar-refractivity contribution in [2.24, 2.45) is 4.99 Å². The summed E-state index contributed by atoms with van der Waals surface area (Å²) in [6.07, 6.45) is 2.06. The Hall–Kier alpha value is -1.32. The molecule has 0 atom stereocenters. The zero-order valence-electron chi connectivity index (χ0n) is 14.4. The molecule has 8 heteroatoms. The number of pyridine rings is 1. The van der Waals surface area contributed by atoms with E-state index < -0.39 is 0 Å². The van der Waals surface area contributed by atoms with E-state index in [-0.39, 0.29) is 24.0 Å². The maximum Gasteiger partial charge on any atom is 0.194 e. The van der Waals surface area contributed by atoms with Gasteiger partial charge in [0, 0.05) is 30.9 Å². The summed E-state index contributed by atoms with van der Waals surface area (Å²) in [5, 5.41) is 3.36. The molecule has 134 valence electrons. The number of nitrogens with zero attached hydrogens (tertiary/aromatic N) is 4. The first kappa shape index (κ1) is 20.0. The predicted molar refractivity (Wildman–Crippen MR) is 116 cm³/mol. The van der Waals surface area contributed by atoms with Crippen LogP contribution in [0.25, 0.3) is 5.65 Å². The van der Waals surface area contributed by atoms with Gasteiger partial charge in [0.25, 0.3) is 0 Å². The van der Waals surface area contributed by atoms with E-state index in [4.69, 9.17) is 11.6 Å². The average molecular weight is 490 g/mol. The van der Waals surface area contributed by atoms with Crippen molar-refractivity contribution in [2.75, 3.05) is 14.1 Å². The third kappa shape index (κ3) is 4.86. The molecule has 3 heterocycles. The maximum absolute atomic E-state index is 5.99. The zero-order valence-corrected chi connectivity index (χ0v) is 18.3. The minimum absolute atomic E-state index is 0. The van der Waals surface area contributed by atoms with Crippen molar-refractivity contribution in [3.05, 3.63) is 57.1 Å². The molecule has 0 aliphatic heterocycles. The number of hydrogen-bond acceptors (Lipinski definition) is 3. The lowest BCUT2D eigenvalue weighted by atomic mass is 10.4. The molecule has 3 rings (SSSR count). The molecule has 3 aromatic rings. The molecule has 1 N–H and O–H groups in total. The fraction of sp³-hybridized carbons (Fsp3) is 0.294. The highest BCUT2D eigenvalue weighted by Crippen LogP contribution is 2.22. The number of aliphatic imine (C=N–C) groups is 1. The Morgan fingerprint density at radius 3 is 2.80 bits per heavy atom. The van der Waals surface area contributed by atoms with E-state index in [1.807, 2.05) is 31.3 Å². The molecular weight excluding hydrogens is 469 g/mol. The Labute approximate surface area is 173 Å². The Balaban J connectivity index is 0.00000225. The lowest BCUT2D eigenvalue weighted by molar-refractivity contribution is 0.481. The van der Waals surface area contributed by atoms with Gasteiger partial charge in [-0.15, -0.1) is 35.3 Å². The van der Waals surface area contributed by atoms with E-state index >= 15 is 0 Å². The van der Waals surface area contributed by atoms with E-state index in [0.29, 0.717) is 6.54 Å². The van der Waals surface area contributed by atoms with Crippen LogP contribution in [0.1, 0.15) is 16.3 Å². The van der Waals surface area contributed by atoms with Crippen LogP contribution in [0.15, 0.2) is 41.5 Å². The molecule has 0 bridgehead atoms. The van der Waals surface area contributed by atoms with Crippen LogP contribution in [0.2, 0.25) is 4.34 Å². The molecule has 0 unspecified atom stereocenters. The number of aryl methyl sites for hydroxylation is 1. The normalized spacial score (nSPS) is 11.4. The molecule has 0 radical (unpaired) electrons. The number of aromatic nitrogens is 2. The standard InChI is InChI=1S/C17H20ClN5S.HI/c1-12-5-4-6-16-21-13(10-23(12)16)9-20-17(19-2)22(3)11-14-7-8-15(18)24-14;/h4-8,10H,9,11H2,1-3H3,(H,19,20);1H. The van der Waals surface area contributed by atoms with Gasteiger partial charge >= 0.3 is 0 Å². The second-order valence-corrected chi connectivity index (χ2v) is 7.39. The summed E-state index contributed by atoms with van der Waals surface area (Å²) in [6, 6.07) is 10.1. The summed E-state index contributed by atoms with van der Waals surface area (Å²) in [6.45, 7) is 3.47. The van der Waals surface area contributed by atoms with E-state index in [1.165, 1.54) is 10.6 Å². The SMILES string of the molecule is CN=C(NCc1cn2c(C)cccc2n1)N(C)Cc1ccc(Cl)s1.I. The van der Waals surface area contributed by atoms with Crippen molar-refractivity contribution in [2.45, 2.75) is 20.0 Å². The van der Waals surface area contributed by atoms with Crippen molar-refractivity contribution < 1.29 is 0 Å². The number of halogens is 2. The minimum atomic E-state index is 0. The Morgan fingerprint density at radius 2 is 2.16 bits per heavy atom. The molecule has 25 heavy (non-hydrogen) atoms. The van der Waals surface area contributed by atoms with Gasteiger partial charge in [-0.2, -0.15) is 0 Å². The van der Waals surface area contributed by atoms with Crippen molar-refractivity contribution in [1.29, 1.82) is 0 Å². The van der Waals surface area contributed by atoms with Crippen molar-refractivity contribution in [3.8, 4) is 0 Å². The lowest BCUT2D eigenvalue weighted by Crippen LogP contribution is -2.37. The fourth-order valence-corrected chi connectivity index (χ4v) is 3.72. The summed E-state index contributed by atoms with van der Waals surface area (Å²) in [5.41, 5.74) is 3.11. The van der Waals surface area contributed by atoms with Crippen LogP contribution in [-0.4, -0.2) is 34.3 Å². The highest BCUT2D eigenvalue weighted by molar-refractivity contribution is 14.0. The van der Waals surface area contributed by atoms with E-state index in [2.05, 4.69) is 43.8 Å². The smallest absolute Gasteiger partial charge is 0.194 e. The molecule has 0 saturated carbocycles. The molecule has 0 amide bonds. The quantitative estimate of drug-likeness (QED) is 0.340. The van der Waals surface area contributed by atoms with Crippen LogP contribution in [0.4, 0.5) is 0 Å². The largest absolute Gasteiger partial charge is 0.351 e. The van der Waals surface area contributed by atoms with Crippen LogP contribution in [0, 0.1) is 6.92 Å². The van der Waals surface area contributed by atoms with Gasteiger partial charge in [-0.1, -0.05) is 17.7 Å². The Kier molecular flexibility index (Phi) is 7.09. The molecule has 5 nitrogen and oxygen atoms in total. The minimum Gasteiger partial charge on any atom is -0.351 e. The third-order valence-electron chi connectivity index (χ3n) is 3.77. The number of nitrogens with one attached hydrogen (secondary N) is 1. The highest BCUT2D eigenvalue weighted by Gasteiger charge is 2.09. The van der Waals surface area contributed by atoms with Crippen LogP contribution >= 0.6 is 46.9 Å². The second-order valence-electron chi connectivity index (χ2n) is 5.59. The first-order valence-electron chi connectivity index (χ1n) is 7.66. The number of imidazole rings is 1. The van der Waals surface area contributed by atoms with E-state index in [9.17, 15) is 0 Å². The summed E-state index contributed by atoms with van der Waals surface area (Å²) in [5.74, 6) is 0.827. The number of rotatable bonds is 4. The van der Waals surface area contributed by atoms with Gasteiger partial charge in [-0.3, -0.25) is 4.99 Å². The van der Waals surface area contributed by atoms with E-state index in [0.717, 1.165) is 28.2 Å². The lowest BCUT2D eigenvalue weighted by Gasteiger charge is -2.21. The first-order valence-corrected chi connectivity index (χ1v) is 8.86. The molecule has 0 aliphatic carbocycles. The molecule has 0 aromatic carbocycles. The van der Waals surface area contributed by atoms with Gasteiger partial charge in [0.2, 0.25) is 0 Å². The van der Waals surface area contributed by atoms with Crippen LogP contribution < -0.4 is 5.32 Å². The van der Waals surface area contributed by atoms with Crippen LogP contribution in [0.3, 0.4) is 0 Å². The Bertz CT molecular complexity index is 873. The topological polar surface area (TPSA) is 44.9 Å². The van der Waals surface area contributed by atoms with Gasteiger partial charge in [0.05, 0.1) is 23.1 Å². The monoisotopic (exact) mass is 489 g/mol. The van der Waals surface area contributed by atoms with Crippen molar-refractivity contribution in [1.82, 2.24) is 19.6 Å². The molecule has 0 spiro atoms. The van der Waals surface area contributed by atoms with Crippen molar-refractivity contribution >= 4 is 58.5 Å². The van der Waals surface area contributed by atoms with Crippen LogP contribution in [0.5, 0.6) is 0 Å². The van der Waals surface area contributed by atoms with Crippen LogP contribution in [-0.2, 0) is 13.1 Å². The van der Waals surface area contributed by atoms with Gasteiger partial charge in [-0.25, -0.2) is 4.98 Å². The van der Waals surface area contributed by atoms with Crippen molar-refractivity contribution in [3.63, 3.8) is 0 Å². The summed E-state index contributed by atoms with van der Waals surface area (Å²) < 4.78 is 2.90. The van der Waals surface area contributed by atoms with Gasteiger partial charge in [0.15, 0.2) is 5.96 Å². The fourth-order valence-electron chi connectivity index (χ4n) is 2.58. The van der Waals surface area contributed by atoms with E-state index in [1.54, 1.807) is 18.4 Å². The summed E-state index contributed by atoms with van der Waals surface area (Å²) in [7, 11) is 3.80. The molecule has 3 aromatic heterocycles. The van der Waals surface area contributed by atoms with Gasteiger partial charge < -0.3 is 14.6 Å². The average Bonchev–Trinajstić information content (AvgIpc) is 3.15. The highest BCUT2D eigenvalue weighted by atomic mass is 127. The summed E-state index contributed by atoms with van der Waals surface area (Å²) in [4.78, 5) is 12.3. The van der Waals surface area contributed by atoms with Gasteiger partial charge in [-0.05, 0) is 31.2 Å². The third-order valence-corrected chi connectivity index (χ3v) is 4.98. The van der Waals surface area contributed by atoms with Gasteiger partial charge in [0.1, 0.15) is 5.65 Å². The molecular formula is C17H21ClIN5S. The number of thiophene rings is 1. The second kappa shape index (κ2) is 8.86. The number of hydrogen-bond donors (Lipinski definition) is 1. The number of guanidine groups is 1. The zero-order chi connectivity index (χ0) is 17.1. The Morgan fingerprint density at radius 1 is 1.36 bits per heavy atom. The summed E-state index contributed by atoms with van der Waals surface area (Å²) >= 11 is 7.58. The molecule has 0 fully saturated rings. The molecule has 0 saturated heterocycles. The first-order chi connectivity index (χ1) is 11.6. The molecule has 0 aliphatic rings. The number of fused-ring (bicyclic) bond motifs is 1. The maximum atomic E-state index is 5.99.